The maximum atomic E-state index is 11.6. The minimum Gasteiger partial charge on any atom is -0.347 e. The van der Waals surface area contributed by atoms with E-state index in [2.05, 4.69) is 28.4 Å². The molecule has 108 valence electrons. The van der Waals surface area contributed by atoms with Crippen molar-refractivity contribution in [2.75, 3.05) is 0 Å². The summed E-state index contributed by atoms with van der Waals surface area (Å²) < 4.78 is 0. The van der Waals surface area contributed by atoms with Crippen molar-refractivity contribution in [3.8, 4) is 11.4 Å². The minimum absolute atomic E-state index is 0.157. The number of aromatic amines is 1. The van der Waals surface area contributed by atoms with Crippen molar-refractivity contribution in [1.29, 1.82) is 0 Å². The maximum Gasteiger partial charge on any atom is 0.246 e. The third-order valence-electron chi connectivity index (χ3n) is 3.06. The summed E-state index contributed by atoms with van der Waals surface area (Å²) >= 11 is 0. The number of H-pyrrole nitrogens is 1. The third kappa shape index (κ3) is 3.69. The SMILES string of the molecule is C=CCc1nc(-c2ccccc2)[nH]c1CNC(=O)C(=C)C. The predicted molar refractivity (Wildman–Crippen MR) is 84.6 cm³/mol. The summed E-state index contributed by atoms with van der Waals surface area (Å²) in [5, 5.41) is 2.82. The van der Waals surface area contributed by atoms with Gasteiger partial charge in [-0.3, -0.25) is 4.79 Å². The normalized spacial score (nSPS) is 10.1. The van der Waals surface area contributed by atoms with Crippen LogP contribution in [0.1, 0.15) is 18.3 Å². The van der Waals surface area contributed by atoms with E-state index in [4.69, 9.17) is 0 Å². The Hall–Kier alpha value is -2.62. The molecule has 21 heavy (non-hydrogen) atoms. The number of allylic oxidation sites excluding steroid dienone is 1. The van der Waals surface area contributed by atoms with E-state index in [1.165, 1.54) is 0 Å². The highest BCUT2D eigenvalue weighted by molar-refractivity contribution is 5.92. The molecule has 2 aromatic rings. The predicted octanol–water partition coefficient (Wildman–Crippen LogP) is 3.00. The van der Waals surface area contributed by atoms with Gasteiger partial charge in [0.15, 0.2) is 0 Å². The van der Waals surface area contributed by atoms with Gasteiger partial charge in [-0.1, -0.05) is 43.0 Å². The zero-order valence-corrected chi connectivity index (χ0v) is 12.1. The van der Waals surface area contributed by atoms with Crippen LogP contribution < -0.4 is 5.32 Å². The van der Waals surface area contributed by atoms with Crippen molar-refractivity contribution in [3.05, 3.63) is 66.5 Å². The van der Waals surface area contributed by atoms with Crippen LogP contribution in [0.15, 0.2) is 55.1 Å². The number of rotatable bonds is 6. The first-order valence-corrected chi connectivity index (χ1v) is 6.79. The zero-order chi connectivity index (χ0) is 15.2. The van der Waals surface area contributed by atoms with Gasteiger partial charge in [-0.15, -0.1) is 6.58 Å². The number of imidazole rings is 1. The molecule has 0 spiro atoms. The van der Waals surface area contributed by atoms with Gasteiger partial charge in [0.05, 0.1) is 17.9 Å². The summed E-state index contributed by atoms with van der Waals surface area (Å²) in [5.41, 5.74) is 3.29. The molecule has 0 aliphatic carbocycles. The second-order valence-electron chi connectivity index (χ2n) is 4.83. The topological polar surface area (TPSA) is 57.8 Å². The standard InChI is InChI=1S/C17H19N3O/c1-4-8-14-15(11-18-17(21)12(2)3)20-16(19-14)13-9-6-5-7-10-13/h4-7,9-10H,1-2,8,11H2,3H3,(H,18,21)(H,19,20). The molecule has 4 heteroatoms. The van der Waals surface area contributed by atoms with Crippen molar-refractivity contribution in [3.63, 3.8) is 0 Å². The molecule has 0 aliphatic heterocycles. The van der Waals surface area contributed by atoms with E-state index in [1.54, 1.807) is 13.0 Å². The van der Waals surface area contributed by atoms with Gasteiger partial charge in [-0.25, -0.2) is 4.98 Å². The Kier molecular flexibility index (Phi) is 4.72. The van der Waals surface area contributed by atoms with Crippen LogP contribution in [0.2, 0.25) is 0 Å². The summed E-state index contributed by atoms with van der Waals surface area (Å²) in [6.45, 7) is 9.45. The second-order valence-corrected chi connectivity index (χ2v) is 4.83. The molecule has 1 aromatic heterocycles. The molecule has 2 rings (SSSR count). The van der Waals surface area contributed by atoms with Crippen molar-refractivity contribution in [2.45, 2.75) is 19.9 Å². The summed E-state index contributed by atoms with van der Waals surface area (Å²) in [6, 6.07) is 9.88. The Morgan fingerprint density at radius 1 is 1.38 bits per heavy atom. The number of nitrogens with zero attached hydrogens (tertiary/aromatic N) is 1. The number of nitrogens with one attached hydrogen (secondary N) is 2. The summed E-state index contributed by atoms with van der Waals surface area (Å²) in [5.74, 6) is 0.641. The molecule has 0 radical (unpaired) electrons. The third-order valence-corrected chi connectivity index (χ3v) is 3.06. The average molecular weight is 281 g/mol. The first-order chi connectivity index (χ1) is 10.1. The van der Waals surface area contributed by atoms with Gasteiger partial charge in [-0.2, -0.15) is 0 Å². The van der Waals surface area contributed by atoms with Crippen LogP contribution in [0.3, 0.4) is 0 Å². The number of hydrogen-bond donors (Lipinski definition) is 2. The molecule has 0 fully saturated rings. The fraction of sp³-hybridized carbons (Fsp3) is 0.176. The molecule has 0 unspecified atom stereocenters. The van der Waals surface area contributed by atoms with Crippen molar-refractivity contribution in [1.82, 2.24) is 15.3 Å². The molecule has 1 heterocycles. The van der Waals surface area contributed by atoms with Gasteiger partial charge in [0.2, 0.25) is 5.91 Å². The van der Waals surface area contributed by atoms with E-state index in [1.807, 2.05) is 30.3 Å². The van der Waals surface area contributed by atoms with Crippen molar-refractivity contribution >= 4 is 5.91 Å². The summed E-state index contributed by atoms with van der Waals surface area (Å²) in [7, 11) is 0. The highest BCUT2D eigenvalue weighted by Crippen LogP contribution is 2.18. The van der Waals surface area contributed by atoms with Gasteiger partial charge in [0, 0.05) is 17.6 Å². The van der Waals surface area contributed by atoms with Gasteiger partial charge in [-0.05, 0) is 6.92 Å². The fourth-order valence-corrected chi connectivity index (χ4v) is 1.95. The van der Waals surface area contributed by atoms with E-state index < -0.39 is 0 Å². The highest BCUT2D eigenvalue weighted by Gasteiger charge is 2.11. The molecule has 0 aliphatic rings. The number of amides is 1. The van der Waals surface area contributed by atoms with Crippen LogP contribution in [0.25, 0.3) is 11.4 Å². The summed E-state index contributed by atoms with van der Waals surface area (Å²) in [6.07, 6.45) is 2.45. The lowest BCUT2D eigenvalue weighted by molar-refractivity contribution is -0.117. The van der Waals surface area contributed by atoms with Crippen molar-refractivity contribution in [2.24, 2.45) is 0 Å². The van der Waals surface area contributed by atoms with Crippen LogP contribution in [-0.4, -0.2) is 15.9 Å². The molecule has 0 bridgehead atoms. The number of aromatic nitrogens is 2. The molecule has 1 amide bonds. The van der Waals surface area contributed by atoms with Crippen LogP contribution in [0.4, 0.5) is 0 Å². The molecule has 4 nitrogen and oxygen atoms in total. The quantitative estimate of drug-likeness (QED) is 0.631. The smallest absolute Gasteiger partial charge is 0.246 e. The minimum atomic E-state index is -0.157. The van der Waals surface area contributed by atoms with Crippen LogP contribution in [0, 0.1) is 0 Å². The average Bonchev–Trinajstić information content (AvgIpc) is 2.89. The maximum absolute atomic E-state index is 11.6. The van der Waals surface area contributed by atoms with Gasteiger partial charge in [0.25, 0.3) is 0 Å². The fourth-order valence-electron chi connectivity index (χ4n) is 1.95. The molecule has 2 N–H and O–H groups in total. The molecular weight excluding hydrogens is 262 g/mol. The van der Waals surface area contributed by atoms with Gasteiger partial charge in [0.1, 0.15) is 5.82 Å². The summed E-state index contributed by atoms with van der Waals surface area (Å²) in [4.78, 5) is 19.5. The van der Waals surface area contributed by atoms with Gasteiger partial charge < -0.3 is 10.3 Å². The lowest BCUT2D eigenvalue weighted by Gasteiger charge is -2.04. The van der Waals surface area contributed by atoms with E-state index >= 15 is 0 Å². The van der Waals surface area contributed by atoms with Crippen molar-refractivity contribution < 1.29 is 4.79 Å². The van der Waals surface area contributed by atoms with E-state index in [-0.39, 0.29) is 5.91 Å². The van der Waals surface area contributed by atoms with Crippen LogP contribution in [-0.2, 0) is 17.8 Å². The molecule has 0 saturated carbocycles. The second kappa shape index (κ2) is 6.70. The van der Waals surface area contributed by atoms with Crippen LogP contribution >= 0.6 is 0 Å². The molecular formula is C17H19N3O. The van der Waals surface area contributed by atoms with E-state index in [9.17, 15) is 4.79 Å². The first kappa shape index (κ1) is 14.8. The lowest BCUT2D eigenvalue weighted by atomic mass is 10.2. The number of hydrogen-bond acceptors (Lipinski definition) is 2. The highest BCUT2D eigenvalue weighted by atomic mass is 16.1. The Bertz CT molecular complexity index is 656. The Morgan fingerprint density at radius 2 is 2.10 bits per heavy atom. The van der Waals surface area contributed by atoms with E-state index in [0.717, 1.165) is 22.8 Å². The molecule has 0 saturated heterocycles. The van der Waals surface area contributed by atoms with E-state index in [0.29, 0.717) is 18.5 Å². The Morgan fingerprint density at radius 3 is 2.71 bits per heavy atom. The molecule has 0 atom stereocenters. The number of benzene rings is 1. The largest absolute Gasteiger partial charge is 0.347 e. The number of carbonyl (C=O) groups is 1. The number of carbonyl (C=O) groups excluding carboxylic acids is 1. The lowest BCUT2D eigenvalue weighted by Crippen LogP contribution is -2.23. The first-order valence-electron chi connectivity index (χ1n) is 6.79. The van der Waals surface area contributed by atoms with Gasteiger partial charge >= 0.3 is 0 Å². The monoisotopic (exact) mass is 281 g/mol. The molecule has 1 aromatic carbocycles. The Balaban J connectivity index is 2.23. The van der Waals surface area contributed by atoms with Crippen LogP contribution in [0.5, 0.6) is 0 Å². The Labute approximate surface area is 124 Å². The zero-order valence-electron chi connectivity index (χ0n) is 12.1.